The van der Waals surface area contributed by atoms with Gasteiger partial charge in [-0.15, -0.1) is 0 Å². The Kier molecular flexibility index (Phi) is 8.42. The molecule has 3 atom stereocenters. The monoisotopic (exact) mass is 546 g/mol. The molecule has 1 amide bonds. The highest BCUT2D eigenvalue weighted by Gasteiger charge is 2.25. The molecule has 0 saturated carbocycles. The third-order valence-corrected chi connectivity index (χ3v) is 6.85. The number of aromatic nitrogens is 1. The summed E-state index contributed by atoms with van der Waals surface area (Å²) < 4.78 is 25.7. The summed E-state index contributed by atoms with van der Waals surface area (Å²) in [6.07, 6.45) is 0.950. The van der Waals surface area contributed by atoms with E-state index in [1.54, 1.807) is 31.3 Å². The number of amides is 1. The summed E-state index contributed by atoms with van der Waals surface area (Å²) in [5.41, 5.74) is 7.95. The lowest BCUT2D eigenvalue weighted by atomic mass is 10.1. The number of nitrogens with one attached hydrogen (secondary N) is 1. The molecule has 1 aliphatic heterocycles. The summed E-state index contributed by atoms with van der Waals surface area (Å²) in [6.45, 7) is 7.12. The average Bonchev–Trinajstić information content (AvgIpc) is 2.86. The van der Waals surface area contributed by atoms with Crippen molar-refractivity contribution in [1.29, 1.82) is 0 Å². The van der Waals surface area contributed by atoms with Crippen LogP contribution in [-0.4, -0.2) is 47.6 Å². The molecular weight excluding hydrogens is 518 g/mol. The lowest BCUT2D eigenvalue weighted by Crippen LogP contribution is -2.56. The van der Waals surface area contributed by atoms with E-state index in [0.29, 0.717) is 30.2 Å². The Labute approximate surface area is 225 Å². The van der Waals surface area contributed by atoms with Crippen LogP contribution < -0.4 is 20.5 Å². The first kappa shape index (κ1) is 27.0. The molecule has 7 nitrogen and oxygen atoms in total. The van der Waals surface area contributed by atoms with Gasteiger partial charge in [0.15, 0.2) is 18.2 Å². The van der Waals surface area contributed by atoms with Gasteiger partial charge in [0.05, 0.1) is 5.02 Å². The molecule has 0 spiro atoms. The zero-order valence-corrected chi connectivity index (χ0v) is 22.3. The zero-order valence-electron chi connectivity index (χ0n) is 20.8. The van der Waals surface area contributed by atoms with Crippen LogP contribution >= 0.6 is 23.2 Å². The Morgan fingerprint density at radius 2 is 1.84 bits per heavy atom. The van der Waals surface area contributed by atoms with Gasteiger partial charge in [0.1, 0.15) is 17.7 Å². The molecular formula is C27H29Cl2FN4O3. The van der Waals surface area contributed by atoms with Crippen LogP contribution in [0.15, 0.2) is 48.7 Å². The molecule has 3 unspecified atom stereocenters. The molecule has 0 aliphatic carbocycles. The van der Waals surface area contributed by atoms with Gasteiger partial charge < -0.3 is 25.4 Å². The van der Waals surface area contributed by atoms with Crippen LogP contribution in [0.25, 0.3) is 11.1 Å². The maximum absolute atomic E-state index is 14.0. The first-order chi connectivity index (χ1) is 17.6. The Bertz CT molecular complexity index is 1270. The van der Waals surface area contributed by atoms with Crippen molar-refractivity contribution in [3.8, 4) is 22.6 Å². The quantitative estimate of drug-likeness (QED) is 0.380. The number of carbonyl (C=O) groups is 1. The molecule has 0 radical (unpaired) electrons. The van der Waals surface area contributed by atoms with Crippen LogP contribution in [0.4, 0.5) is 10.2 Å². The highest BCUT2D eigenvalue weighted by atomic mass is 35.5. The van der Waals surface area contributed by atoms with E-state index in [1.807, 2.05) is 17.0 Å². The minimum absolute atomic E-state index is 0.0245. The molecule has 3 aromatic rings. The van der Waals surface area contributed by atoms with Crippen molar-refractivity contribution in [3.05, 3.63) is 70.1 Å². The van der Waals surface area contributed by atoms with E-state index in [4.69, 9.17) is 38.4 Å². The van der Waals surface area contributed by atoms with Gasteiger partial charge in [0, 0.05) is 47.5 Å². The molecule has 1 fully saturated rings. The third kappa shape index (κ3) is 6.44. The second-order valence-electron chi connectivity index (χ2n) is 9.20. The number of carbonyl (C=O) groups excluding carboxylic acids is 1. The Hall–Kier alpha value is -3.07. The number of ether oxygens (including phenoxy) is 2. The van der Waals surface area contributed by atoms with E-state index >= 15 is 0 Å². The summed E-state index contributed by atoms with van der Waals surface area (Å²) >= 11 is 12.3. The van der Waals surface area contributed by atoms with Gasteiger partial charge in [0.25, 0.3) is 5.91 Å². The zero-order chi connectivity index (χ0) is 26.7. The molecule has 196 valence electrons. The first-order valence-electron chi connectivity index (χ1n) is 11.9. The van der Waals surface area contributed by atoms with E-state index < -0.39 is 11.9 Å². The third-order valence-electron chi connectivity index (χ3n) is 6.13. The first-order valence-corrected chi connectivity index (χ1v) is 12.7. The molecule has 4 rings (SSSR count). The minimum Gasteiger partial charge on any atom is -0.484 e. The number of pyridine rings is 1. The fourth-order valence-corrected chi connectivity index (χ4v) is 5.06. The molecule has 1 saturated heterocycles. The number of halogens is 3. The van der Waals surface area contributed by atoms with Crippen molar-refractivity contribution in [2.24, 2.45) is 0 Å². The average molecular weight is 547 g/mol. The van der Waals surface area contributed by atoms with Gasteiger partial charge in [0.2, 0.25) is 0 Å². The van der Waals surface area contributed by atoms with Crippen LogP contribution in [0, 0.1) is 5.82 Å². The Morgan fingerprint density at radius 1 is 1.16 bits per heavy atom. The predicted octanol–water partition coefficient (Wildman–Crippen LogP) is 5.50. The number of benzene rings is 2. The van der Waals surface area contributed by atoms with Crippen LogP contribution in [0.3, 0.4) is 0 Å². The fraction of sp³-hybridized carbons (Fsp3) is 0.333. The number of nitrogens with zero attached hydrogens (tertiary/aromatic N) is 2. The number of hydrogen-bond acceptors (Lipinski definition) is 6. The molecule has 37 heavy (non-hydrogen) atoms. The van der Waals surface area contributed by atoms with Gasteiger partial charge >= 0.3 is 0 Å². The number of anilines is 1. The summed E-state index contributed by atoms with van der Waals surface area (Å²) in [7, 11) is 0. The molecule has 3 N–H and O–H groups in total. The number of piperazine rings is 1. The highest BCUT2D eigenvalue weighted by molar-refractivity contribution is 6.36. The topological polar surface area (TPSA) is 89.7 Å². The highest BCUT2D eigenvalue weighted by Crippen LogP contribution is 2.37. The van der Waals surface area contributed by atoms with Crippen LogP contribution in [-0.2, 0) is 4.79 Å². The number of hydrogen-bond donors (Lipinski definition) is 2. The Morgan fingerprint density at radius 3 is 2.51 bits per heavy atom. The number of nitrogens with two attached hydrogens (primary N) is 1. The van der Waals surface area contributed by atoms with Crippen molar-refractivity contribution < 1.29 is 18.7 Å². The summed E-state index contributed by atoms with van der Waals surface area (Å²) in [6, 6.07) is 12.2. The van der Waals surface area contributed by atoms with Crippen molar-refractivity contribution in [2.75, 3.05) is 25.4 Å². The van der Waals surface area contributed by atoms with E-state index in [-0.39, 0.29) is 40.5 Å². The van der Waals surface area contributed by atoms with Gasteiger partial charge in [-0.2, -0.15) is 0 Å². The second kappa shape index (κ2) is 11.5. The predicted molar refractivity (Wildman–Crippen MR) is 144 cm³/mol. The number of nitrogen functional groups attached to an aromatic ring is 1. The maximum Gasteiger partial charge on any atom is 0.260 e. The maximum atomic E-state index is 14.0. The molecule has 1 aliphatic rings. The summed E-state index contributed by atoms with van der Waals surface area (Å²) in [5.74, 6) is 0.442. The van der Waals surface area contributed by atoms with Crippen molar-refractivity contribution in [1.82, 2.24) is 15.2 Å². The SMILES string of the molecule is CC1CN(C(=O)COc2ccc(-c3cnc(N)c(OC(C)c4c(Cl)ccc(F)c4Cl)c3)cc2)CC(C)N1. The van der Waals surface area contributed by atoms with Gasteiger partial charge in [-0.25, -0.2) is 9.37 Å². The molecule has 1 aromatic heterocycles. The number of rotatable bonds is 7. The minimum atomic E-state index is -0.676. The van der Waals surface area contributed by atoms with Crippen molar-refractivity contribution >= 4 is 34.9 Å². The lowest BCUT2D eigenvalue weighted by Gasteiger charge is -2.36. The standard InChI is InChI=1S/C27H29Cl2FN4O3/c1-15-12-34(13-16(2)33-15)24(35)14-36-20-6-4-18(5-7-20)19-10-23(27(31)32-11-19)37-17(3)25-21(28)8-9-22(30)26(25)29/h4-11,15-17,33H,12-14H2,1-3H3,(H2,31,32). The molecule has 0 bridgehead atoms. The van der Waals surface area contributed by atoms with E-state index in [0.717, 1.165) is 11.1 Å². The van der Waals surface area contributed by atoms with Gasteiger partial charge in [-0.3, -0.25) is 4.79 Å². The summed E-state index contributed by atoms with van der Waals surface area (Å²) in [4.78, 5) is 18.6. The fourth-order valence-electron chi connectivity index (χ4n) is 4.38. The molecule has 2 heterocycles. The van der Waals surface area contributed by atoms with Crippen LogP contribution in [0.2, 0.25) is 10.0 Å². The largest absolute Gasteiger partial charge is 0.484 e. The van der Waals surface area contributed by atoms with E-state index in [2.05, 4.69) is 24.1 Å². The van der Waals surface area contributed by atoms with Crippen LogP contribution in [0.5, 0.6) is 11.5 Å². The van der Waals surface area contributed by atoms with Crippen LogP contribution in [0.1, 0.15) is 32.4 Å². The van der Waals surface area contributed by atoms with E-state index in [9.17, 15) is 9.18 Å². The molecule has 10 heteroatoms. The Balaban J connectivity index is 1.43. The summed E-state index contributed by atoms with van der Waals surface area (Å²) in [5, 5.41) is 3.60. The van der Waals surface area contributed by atoms with Gasteiger partial charge in [-0.1, -0.05) is 35.3 Å². The van der Waals surface area contributed by atoms with Crippen molar-refractivity contribution in [3.63, 3.8) is 0 Å². The van der Waals surface area contributed by atoms with Crippen molar-refractivity contribution in [2.45, 2.75) is 39.0 Å². The lowest BCUT2D eigenvalue weighted by molar-refractivity contribution is -0.135. The second-order valence-corrected chi connectivity index (χ2v) is 9.99. The molecule has 2 aromatic carbocycles. The van der Waals surface area contributed by atoms with E-state index in [1.165, 1.54) is 12.1 Å². The van der Waals surface area contributed by atoms with Gasteiger partial charge in [-0.05, 0) is 56.7 Å². The normalized spacial score (nSPS) is 18.4. The smallest absolute Gasteiger partial charge is 0.260 e.